The molecule has 0 aliphatic heterocycles. The Morgan fingerprint density at radius 1 is 0.895 bits per heavy atom. The predicted molar refractivity (Wildman–Crippen MR) is 159 cm³/mol. The molecule has 2 aromatic heterocycles. The number of para-hydroxylation sites is 2. The van der Waals surface area contributed by atoms with E-state index >= 15 is 0 Å². The lowest BCUT2D eigenvalue weighted by Gasteiger charge is -2.06. The summed E-state index contributed by atoms with van der Waals surface area (Å²) in [6.45, 7) is 5.10. The van der Waals surface area contributed by atoms with Crippen molar-refractivity contribution in [2.75, 3.05) is 13.1 Å². The van der Waals surface area contributed by atoms with Gasteiger partial charge in [-0.2, -0.15) is 4.57 Å². The Kier molecular flexibility index (Phi) is 8.15. The van der Waals surface area contributed by atoms with Crippen molar-refractivity contribution in [2.24, 2.45) is 5.73 Å². The second-order valence-corrected chi connectivity index (χ2v) is 9.79. The highest BCUT2D eigenvalue weighted by Crippen LogP contribution is 2.30. The smallest absolute Gasteiger partial charge is 0.220 e. The van der Waals surface area contributed by atoms with Gasteiger partial charge in [-0.15, -0.1) is 0 Å². The zero-order valence-corrected chi connectivity index (χ0v) is 22.2. The molecule has 5 rings (SSSR count). The average Bonchev–Trinajstić information content (AvgIpc) is 3.28. The summed E-state index contributed by atoms with van der Waals surface area (Å²) in [6.07, 6.45) is 7.93. The van der Waals surface area contributed by atoms with Crippen LogP contribution in [0.5, 0.6) is 0 Å². The van der Waals surface area contributed by atoms with Gasteiger partial charge in [0, 0.05) is 77.9 Å². The van der Waals surface area contributed by atoms with E-state index in [1.165, 1.54) is 44.0 Å². The van der Waals surface area contributed by atoms with Crippen molar-refractivity contribution in [1.29, 1.82) is 0 Å². The van der Waals surface area contributed by atoms with Crippen molar-refractivity contribution in [3.05, 3.63) is 90.1 Å². The highest BCUT2D eigenvalue weighted by atomic mass is 16.1. The summed E-state index contributed by atoms with van der Waals surface area (Å²) < 4.78 is 4.79. The van der Waals surface area contributed by atoms with E-state index in [2.05, 4.69) is 112 Å². The molecule has 0 bridgehead atoms. The first kappa shape index (κ1) is 25.7. The number of hydrogen-bond donors (Lipinski definition) is 2. The van der Waals surface area contributed by atoms with Gasteiger partial charge in [0.2, 0.25) is 17.1 Å². The number of nitrogens with two attached hydrogens (primary N) is 1. The monoisotopic (exact) mass is 505 g/mol. The number of carbonyl (C=O) groups excluding carboxylic acids is 1. The third-order valence-electron chi connectivity index (χ3n) is 7.28. The van der Waals surface area contributed by atoms with Gasteiger partial charge in [-0.1, -0.05) is 36.4 Å². The van der Waals surface area contributed by atoms with E-state index in [0.29, 0.717) is 19.5 Å². The Balaban J connectivity index is 1.38. The van der Waals surface area contributed by atoms with Crippen LogP contribution in [0.2, 0.25) is 0 Å². The number of nitrogens with zero attached hydrogens (tertiary/aromatic N) is 2. The Labute approximate surface area is 224 Å². The lowest BCUT2D eigenvalue weighted by Crippen LogP contribution is -2.38. The number of fused-ring (bicyclic) bond motifs is 4. The first-order chi connectivity index (χ1) is 18.7. The summed E-state index contributed by atoms with van der Waals surface area (Å²) in [6, 6.07) is 28.4. The molecule has 194 valence electrons. The zero-order valence-electron chi connectivity index (χ0n) is 22.2. The first-order valence-electron chi connectivity index (χ1n) is 13.8. The third kappa shape index (κ3) is 5.48. The van der Waals surface area contributed by atoms with Crippen LogP contribution in [0.3, 0.4) is 0 Å². The molecule has 0 saturated carbocycles. The van der Waals surface area contributed by atoms with Crippen molar-refractivity contribution in [3.63, 3.8) is 0 Å². The Morgan fingerprint density at radius 3 is 2.58 bits per heavy atom. The molecule has 5 aromatic rings. The predicted octanol–water partition coefficient (Wildman–Crippen LogP) is 6.06. The summed E-state index contributed by atoms with van der Waals surface area (Å²) in [5.41, 5.74) is 11.6. The summed E-state index contributed by atoms with van der Waals surface area (Å²) >= 11 is 0. The number of hydrogen-bond acceptors (Lipinski definition) is 2. The molecule has 0 saturated heterocycles. The van der Waals surface area contributed by atoms with E-state index in [9.17, 15) is 4.79 Å². The van der Waals surface area contributed by atoms with Gasteiger partial charge in [0.1, 0.15) is 6.54 Å². The Bertz CT molecular complexity index is 1600. The minimum atomic E-state index is 0.0934. The number of rotatable bonds is 11. The Hall–Kier alpha value is -3.96. The molecular weight excluding hydrogens is 468 g/mol. The van der Waals surface area contributed by atoms with Gasteiger partial charge in [-0.25, -0.2) is 0 Å². The maximum Gasteiger partial charge on any atom is 0.220 e. The Morgan fingerprint density at radius 2 is 1.71 bits per heavy atom. The van der Waals surface area contributed by atoms with Gasteiger partial charge >= 0.3 is 0 Å². The molecule has 3 aromatic carbocycles. The molecule has 2 heterocycles. The number of unbranched alkanes of at least 4 members (excludes halogenated alkanes) is 2. The number of aryl methyl sites for hydroxylation is 2. The van der Waals surface area contributed by atoms with Crippen molar-refractivity contribution in [1.82, 2.24) is 9.88 Å². The number of carbonyl (C=O) groups is 1. The summed E-state index contributed by atoms with van der Waals surface area (Å²) in [4.78, 5) is 11.9. The van der Waals surface area contributed by atoms with E-state index in [1.807, 2.05) is 0 Å². The summed E-state index contributed by atoms with van der Waals surface area (Å²) in [7, 11) is 0. The van der Waals surface area contributed by atoms with Crippen LogP contribution >= 0.6 is 0 Å². The van der Waals surface area contributed by atoms with Crippen LogP contribution in [-0.2, 0) is 17.9 Å². The minimum absolute atomic E-state index is 0.0934. The lowest BCUT2D eigenvalue weighted by molar-refractivity contribution is -0.673. The summed E-state index contributed by atoms with van der Waals surface area (Å²) in [5.74, 6) is 0.0934. The molecule has 3 N–H and O–H groups in total. The molecule has 0 atom stereocenters. The van der Waals surface area contributed by atoms with Crippen LogP contribution in [0, 0.1) is 0 Å². The minimum Gasteiger partial charge on any atom is -0.355 e. The van der Waals surface area contributed by atoms with Gasteiger partial charge in [0.15, 0.2) is 0 Å². The van der Waals surface area contributed by atoms with Gasteiger partial charge in [-0.05, 0) is 61.7 Å². The normalized spacial score (nSPS) is 11.7. The standard InChI is InChI=1S/C33H36N4O/c1-2-36-31-13-8-6-11-28(31)29-24-25(16-20-32(29)36)15-18-27-19-17-26-10-5-7-12-30(26)37(27)23-9-3-4-14-33(38)35-22-21-34/h5-8,10-13,15-20,24H,2-4,9,14,21-23,34H2,1H3/p+1. The van der Waals surface area contributed by atoms with Crippen LogP contribution < -0.4 is 15.6 Å². The molecule has 1 amide bonds. The number of aromatic nitrogens is 2. The largest absolute Gasteiger partial charge is 0.355 e. The highest BCUT2D eigenvalue weighted by molar-refractivity contribution is 6.08. The SMILES string of the molecule is CCn1c2ccccc2c2cc(/C=C/c3ccc4ccccc4[n+]3CCCCCC(=O)NCCN)ccc21. The topological polar surface area (TPSA) is 63.9 Å². The molecule has 0 aliphatic carbocycles. The fourth-order valence-electron chi connectivity index (χ4n) is 5.40. The van der Waals surface area contributed by atoms with Gasteiger partial charge in [-0.3, -0.25) is 4.79 Å². The zero-order chi connectivity index (χ0) is 26.3. The highest BCUT2D eigenvalue weighted by Gasteiger charge is 2.14. The maximum absolute atomic E-state index is 11.9. The van der Waals surface area contributed by atoms with Gasteiger partial charge in [0.25, 0.3) is 0 Å². The van der Waals surface area contributed by atoms with E-state index < -0.39 is 0 Å². The first-order valence-corrected chi connectivity index (χ1v) is 13.8. The lowest BCUT2D eigenvalue weighted by atomic mass is 10.1. The molecule has 5 heteroatoms. The average molecular weight is 506 g/mol. The molecule has 0 aliphatic rings. The van der Waals surface area contributed by atoms with E-state index in [0.717, 1.165) is 32.4 Å². The van der Waals surface area contributed by atoms with Gasteiger partial charge < -0.3 is 15.6 Å². The second kappa shape index (κ2) is 12.1. The van der Waals surface area contributed by atoms with E-state index in [4.69, 9.17) is 5.73 Å². The van der Waals surface area contributed by atoms with Crippen molar-refractivity contribution >= 4 is 50.8 Å². The maximum atomic E-state index is 11.9. The van der Waals surface area contributed by atoms with Crippen LogP contribution in [0.25, 0.3) is 44.9 Å². The van der Waals surface area contributed by atoms with Crippen molar-refractivity contribution < 1.29 is 9.36 Å². The van der Waals surface area contributed by atoms with Crippen LogP contribution in [-0.4, -0.2) is 23.6 Å². The van der Waals surface area contributed by atoms with E-state index in [1.54, 1.807) is 0 Å². The van der Waals surface area contributed by atoms with Crippen molar-refractivity contribution in [2.45, 2.75) is 45.7 Å². The third-order valence-corrected chi connectivity index (χ3v) is 7.28. The number of pyridine rings is 1. The molecular formula is C33H37N4O+. The molecule has 0 fully saturated rings. The van der Waals surface area contributed by atoms with Crippen molar-refractivity contribution in [3.8, 4) is 0 Å². The number of benzene rings is 3. The van der Waals surface area contributed by atoms with Crippen LogP contribution in [0.15, 0.2) is 78.9 Å². The molecule has 0 spiro atoms. The second-order valence-electron chi connectivity index (χ2n) is 9.79. The van der Waals surface area contributed by atoms with E-state index in [-0.39, 0.29) is 5.91 Å². The molecule has 5 nitrogen and oxygen atoms in total. The molecule has 0 unspecified atom stereocenters. The fourth-order valence-corrected chi connectivity index (χ4v) is 5.40. The fraction of sp³-hybridized carbons (Fsp3) is 0.273. The van der Waals surface area contributed by atoms with Gasteiger partial charge in [0.05, 0.1) is 0 Å². The van der Waals surface area contributed by atoms with Crippen LogP contribution in [0.4, 0.5) is 0 Å². The van der Waals surface area contributed by atoms with Crippen LogP contribution in [0.1, 0.15) is 43.9 Å². The number of amides is 1. The quantitative estimate of drug-likeness (QED) is 0.169. The molecule has 0 radical (unpaired) electrons. The summed E-state index contributed by atoms with van der Waals surface area (Å²) in [5, 5.41) is 6.69. The molecule has 38 heavy (non-hydrogen) atoms. The number of nitrogens with one attached hydrogen (secondary N) is 1.